The minimum atomic E-state index is -0.662. The normalized spacial score (nSPS) is 19.3. The van der Waals surface area contributed by atoms with E-state index in [-0.39, 0.29) is 24.3 Å². The van der Waals surface area contributed by atoms with Crippen LogP contribution in [0.15, 0.2) is 82.9 Å². The lowest BCUT2D eigenvalue weighted by molar-refractivity contribution is -0.121. The Labute approximate surface area is 213 Å². The molecule has 8 heteroatoms. The van der Waals surface area contributed by atoms with Crippen LogP contribution in [0.3, 0.4) is 0 Å². The van der Waals surface area contributed by atoms with Crippen molar-refractivity contribution in [1.29, 1.82) is 0 Å². The van der Waals surface area contributed by atoms with Gasteiger partial charge in [-0.3, -0.25) is 9.59 Å². The maximum Gasteiger partial charge on any atom is 0.262 e. The zero-order valence-corrected chi connectivity index (χ0v) is 20.8. The molecule has 5 rings (SSSR count). The van der Waals surface area contributed by atoms with Crippen LogP contribution in [0, 0.1) is 19.7 Å². The van der Waals surface area contributed by atoms with Crippen LogP contribution >= 0.6 is 11.8 Å². The molecule has 2 amide bonds. The first-order valence-corrected chi connectivity index (χ1v) is 12.6. The molecule has 2 aliphatic rings. The molecule has 0 radical (unpaired) electrons. The van der Waals surface area contributed by atoms with E-state index < -0.39 is 11.1 Å². The largest absolute Gasteiger partial charge is 0.326 e. The Morgan fingerprint density at radius 2 is 1.83 bits per heavy atom. The number of halogens is 1. The first-order valence-electron chi connectivity index (χ1n) is 11.7. The molecule has 2 atom stereocenters. The molecule has 0 spiro atoms. The molecule has 1 N–H and O–H groups in total. The first kappa shape index (κ1) is 23.9. The Morgan fingerprint density at radius 3 is 2.56 bits per heavy atom. The lowest BCUT2D eigenvalue weighted by Crippen LogP contribution is -2.25. The Balaban J connectivity index is 1.33. The van der Waals surface area contributed by atoms with Crippen LogP contribution in [0.25, 0.3) is 0 Å². The van der Waals surface area contributed by atoms with Crippen LogP contribution in [0.4, 0.5) is 10.1 Å². The van der Waals surface area contributed by atoms with E-state index in [9.17, 15) is 14.0 Å². The minimum Gasteiger partial charge on any atom is -0.326 e. The third kappa shape index (κ3) is 5.09. The number of aliphatic imine (C=N–C) groups is 1. The summed E-state index contributed by atoms with van der Waals surface area (Å²) < 4.78 is 13.8. The number of benzene rings is 3. The van der Waals surface area contributed by atoms with E-state index in [2.05, 4.69) is 34.6 Å². The Bertz CT molecular complexity index is 1370. The number of amides is 2. The Morgan fingerprint density at radius 1 is 1.08 bits per heavy atom. The van der Waals surface area contributed by atoms with Gasteiger partial charge in [0.05, 0.1) is 11.8 Å². The average Bonchev–Trinajstić information content (AvgIpc) is 3.46. The van der Waals surface area contributed by atoms with Gasteiger partial charge in [0.1, 0.15) is 11.1 Å². The fourth-order valence-corrected chi connectivity index (χ4v) is 5.26. The van der Waals surface area contributed by atoms with Gasteiger partial charge in [-0.05, 0) is 42.7 Å². The van der Waals surface area contributed by atoms with Crippen molar-refractivity contribution < 1.29 is 14.0 Å². The van der Waals surface area contributed by atoms with Gasteiger partial charge >= 0.3 is 0 Å². The molecule has 3 aromatic rings. The van der Waals surface area contributed by atoms with Gasteiger partial charge in [0.25, 0.3) is 5.91 Å². The molecule has 0 bridgehead atoms. The Kier molecular flexibility index (Phi) is 6.69. The highest BCUT2D eigenvalue weighted by atomic mass is 32.2. The van der Waals surface area contributed by atoms with Crippen molar-refractivity contribution in [1.82, 2.24) is 5.01 Å². The Hall–Kier alpha value is -3.78. The zero-order valence-electron chi connectivity index (χ0n) is 19.9. The van der Waals surface area contributed by atoms with Gasteiger partial charge in [-0.15, -0.1) is 0 Å². The lowest BCUT2D eigenvalue weighted by atomic mass is 9.98. The van der Waals surface area contributed by atoms with Gasteiger partial charge in [0.2, 0.25) is 5.91 Å². The number of amidine groups is 1. The van der Waals surface area contributed by atoms with Crippen molar-refractivity contribution in [3.63, 3.8) is 0 Å². The molecule has 0 saturated carbocycles. The van der Waals surface area contributed by atoms with Crippen molar-refractivity contribution in [2.45, 2.75) is 38.0 Å². The van der Waals surface area contributed by atoms with E-state index in [1.807, 2.05) is 37.3 Å². The predicted octanol–water partition coefficient (Wildman–Crippen LogP) is 5.62. The third-order valence-corrected chi connectivity index (χ3v) is 7.37. The molecule has 0 aliphatic carbocycles. The molecule has 3 aromatic carbocycles. The summed E-state index contributed by atoms with van der Waals surface area (Å²) in [7, 11) is 0. The summed E-state index contributed by atoms with van der Waals surface area (Å²) in [5.74, 6) is -1.13. The van der Waals surface area contributed by atoms with E-state index in [1.54, 1.807) is 24.1 Å². The highest BCUT2D eigenvalue weighted by Gasteiger charge is 2.39. The number of aryl methyl sites for hydroxylation is 2. The highest BCUT2D eigenvalue weighted by Crippen LogP contribution is 2.38. The van der Waals surface area contributed by atoms with Crippen molar-refractivity contribution in [3.8, 4) is 0 Å². The minimum absolute atomic E-state index is 0.0651. The summed E-state index contributed by atoms with van der Waals surface area (Å²) in [5, 5.41) is 9.16. The molecule has 36 heavy (non-hydrogen) atoms. The molecule has 2 aliphatic heterocycles. The summed E-state index contributed by atoms with van der Waals surface area (Å²) in [6.07, 6.45) is 0.607. The number of nitrogens with one attached hydrogen (secondary N) is 1. The number of rotatable bonds is 5. The van der Waals surface area contributed by atoms with Crippen LogP contribution in [-0.4, -0.2) is 33.0 Å². The van der Waals surface area contributed by atoms with Gasteiger partial charge in [0, 0.05) is 18.5 Å². The van der Waals surface area contributed by atoms with Crippen LogP contribution in [-0.2, 0) is 9.59 Å². The lowest BCUT2D eigenvalue weighted by Gasteiger charge is -2.23. The monoisotopic (exact) mass is 500 g/mol. The smallest absolute Gasteiger partial charge is 0.262 e. The van der Waals surface area contributed by atoms with Crippen LogP contribution in [0.2, 0.25) is 0 Å². The molecule has 2 heterocycles. The fraction of sp³-hybridized carbons (Fsp3) is 0.214. The quantitative estimate of drug-likeness (QED) is 0.493. The first-order chi connectivity index (χ1) is 17.4. The van der Waals surface area contributed by atoms with Gasteiger partial charge in [-0.2, -0.15) is 10.1 Å². The van der Waals surface area contributed by atoms with E-state index in [1.165, 1.54) is 23.4 Å². The van der Waals surface area contributed by atoms with E-state index in [0.717, 1.165) is 16.8 Å². The van der Waals surface area contributed by atoms with Gasteiger partial charge < -0.3 is 5.32 Å². The number of hydrogen-bond acceptors (Lipinski definition) is 5. The van der Waals surface area contributed by atoms with Gasteiger partial charge in [-0.25, -0.2) is 9.40 Å². The number of thioether (sulfide) groups is 1. The standard InChI is InChI=1S/C28H25FN4O2S/c1-17-8-11-19(12-9-17)23-15-24(20-6-4-3-5-7-20)33(32-23)28-31-27(35)25(36-28)16-26(34)30-21-13-10-18(2)22(29)14-21/h3-14,24-25H,15-16H2,1-2H3,(H,30,34)/t24-,25+/m1/s1. The summed E-state index contributed by atoms with van der Waals surface area (Å²) >= 11 is 1.24. The van der Waals surface area contributed by atoms with Crippen LogP contribution in [0.5, 0.6) is 0 Å². The SMILES string of the molecule is Cc1ccc(C2=NN(C3=NC(=O)[C@H](CC(=O)Nc4ccc(C)c(F)c4)S3)[C@@H](c3ccccc3)C2)cc1. The van der Waals surface area contributed by atoms with E-state index in [0.29, 0.717) is 22.8 Å². The second-order valence-electron chi connectivity index (χ2n) is 8.94. The summed E-state index contributed by atoms with van der Waals surface area (Å²) in [6.45, 7) is 3.70. The second-order valence-corrected chi connectivity index (χ2v) is 10.1. The van der Waals surface area contributed by atoms with Crippen LogP contribution < -0.4 is 5.32 Å². The summed E-state index contributed by atoms with van der Waals surface area (Å²) in [5.41, 5.74) is 5.04. The highest BCUT2D eigenvalue weighted by molar-refractivity contribution is 8.15. The molecule has 6 nitrogen and oxygen atoms in total. The summed E-state index contributed by atoms with van der Waals surface area (Å²) in [6, 6.07) is 22.6. The number of carbonyl (C=O) groups is 2. The molecular weight excluding hydrogens is 475 g/mol. The average molecular weight is 501 g/mol. The van der Waals surface area contributed by atoms with Crippen molar-refractivity contribution >= 4 is 40.1 Å². The van der Waals surface area contributed by atoms with Crippen molar-refractivity contribution in [3.05, 3.63) is 101 Å². The van der Waals surface area contributed by atoms with E-state index >= 15 is 0 Å². The fourth-order valence-electron chi connectivity index (χ4n) is 4.20. The van der Waals surface area contributed by atoms with Crippen LogP contribution in [0.1, 0.15) is 41.1 Å². The molecule has 182 valence electrons. The van der Waals surface area contributed by atoms with Gasteiger partial charge in [-0.1, -0.05) is 78.0 Å². The maximum absolute atomic E-state index is 13.8. The number of nitrogens with zero attached hydrogens (tertiary/aromatic N) is 3. The van der Waals surface area contributed by atoms with Crippen molar-refractivity contribution in [2.75, 3.05) is 5.32 Å². The molecular formula is C28H25FN4O2S. The second kappa shape index (κ2) is 10.1. The number of hydrazone groups is 1. The number of anilines is 1. The third-order valence-electron chi connectivity index (χ3n) is 6.23. The van der Waals surface area contributed by atoms with E-state index in [4.69, 9.17) is 5.10 Å². The predicted molar refractivity (Wildman–Crippen MR) is 142 cm³/mol. The summed E-state index contributed by atoms with van der Waals surface area (Å²) in [4.78, 5) is 29.6. The number of hydrogen-bond donors (Lipinski definition) is 1. The molecule has 0 fully saturated rings. The topological polar surface area (TPSA) is 74.1 Å². The molecule has 0 aromatic heterocycles. The molecule has 0 unspecified atom stereocenters. The van der Waals surface area contributed by atoms with Crippen molar-refractivity contribution in [2.24, 2.45) is 10.1 Å². The number of carbonyl (C=O) groups excluding carboxylic acids is 2. The zero-order chi connectivity index (χ0) is 25.2. The molecule has 0 saturated heterocycles. The van der Waals surface area contributed by atoms with Gasteiger partial charge in [0.15, 0.2) is 5.17 Å². The maximum atomic E-state index is 13.8.